The zero-order valence-electron chi connectivity index (χ0n) is 47.7. The molecule has 10 heteroatoms. The van der Waals surface area contributed by atoms with Crippen LogP contribution in [0.2, 0.25) is 0 Å². The van der Waals surface area contributed by atoms with E-state index in [1.807, 2.05) is 33.3 Å². The Morgan fingerprint density at radius 2 is 0.845 bits per heavy atom. The lowest BCUT2D eigenvalue weighted by Gasteiger charge is -2.30. The molecule has 3 unspecified atom stereocenters. The van der Waals surface area contributed by atoms with Gasteiger partial charge in [-0.1, -0.05) is 257 Å². The molecular weight excluding hydrogens is 904 g/mol. The predicted octanol–water partition coefficient (Wildman–Crippen LogP) is 17.7. The van der Waals surface area contributed by atoms with Gasteiger partial charge in [0.05, 0.1) is 33.8 Å². The van der Waals surface area contributed by atoms with Crippen molar-refractivity contribution in [3.8, 4) is 0 Å². The molecule has 9 nitrogen and oxygen atoms in total. The van der Waals surface area contributed by atoms with Gasteiger partial charge in [0, 0.05) is 12.8 Å². The molecule has 0 aliphatic heterocycles. The molecule has 0 aliphatic rings. The summed E-state index contributed by atoms with van der Waals surface area (Å²) in [6.07, 6.45) is 61.0. The Hall–Kier alpha value is -1.77. The van der Waals surface area contributed by atoms with E-state index in [2.05, 4.69) is 50.4 Å². The smallest absolute Gasteiger partial charge is 0.306 e. The van der Waals surface area contributed by atoms with Gasteiger partial charge < -0.3 is 28.5 Å². The lowest BCUT2D eigenvalue weighted by molar-refractivity contribution is -0.870. The highest BCUT2D eigenvalue weighted by atomic mass is 31.2. The van der Waals surface area contributed by atoms with E-state index in [1.54, 1.807) is 0 Å². The zero-order valence-corrected chi connectivity index (χ0v) is 48.6. The van der Waals surface area contributed by atoms with E-state index in [1.165, 1.54) is 180 Å². The molecule has 0 radical (unpaired) electrons. The average Bonchev–Trinajstić information content (AvgIpc) is 3.33. The number of amides is 1. The number of quaternary nitrogens is 1. The Balaban J connectivity index is 5.31. The van der Waals surface area contributed by atoms with Crippen LogP contribution < -0.4 is 10.2 Å². The lowest BCUT2D eigenvalue weighted by atomic mass is 10.0. The molecule has 0 aromatic carbocycles. The number of rotatable bonds is 55. The third-order valence-corrected chi connectivity index (χ3v) is 14.6. The van der Waals surface area contributed by atoms with Gasteiger partial charge >= 0.3 is 5.97 Å². The van der Waals surface area contributed by atoms with E-state index >= 15 is 0 Å². The summed E-state index contributed by atoms with van der Waals surface area (Å²) < 4.78 is 30.3. The van der Waals surface area contributed by atoms with Crippen LogP contribution in [0.3, 0.4) is 0 Å². The van der Waals surface area contributed by atoms with E-state index in [0.717, 1.165) is 77.0 Å². The molecule has 418 valence electrons. The number of allylic oxidation sites excluding steroid dienone is 5. The van der Waals surface area contributed by atoms with Crippen molar-refractivity contribution in [1.29, 1.82) is 0 Å². The maximum atomic E-state index is 13.5. The number of nitrogens with one attached hydrogen (secondary N) is 1. The van der Waals surface area contributed by atoms with Crippen LogP contribution >= 0.6 is 7.82 Å². The highest BCUT2D eigenvalue weighted by molar-refractivity contribution is 7.45. The number of nitrogens with zero attached hydrogens (tertiary/aromatic N) is 1. The summed E-state index contributed by atoms with van der Waals surface area (Å²) in [6, 6.07) is -0.888. The quantitative estimate of drug-likeness (QED) is 0.0161. The number of likely N-dealkylation sites (N-methyl/N-ethyl adjacent to an activating group) is 1. The standard InChI is InChI=1S/C61H117N2O7P/c1-7-10-13-16-19-22-25-28-30-31-33-35-38-41-44-47-50-53-60(64)62-58(57-69-71(66,67)68-56-55-63(4,5)6)59(52-49-46-43-40-37-34-27-24-21-18-15-12-9-3)70-61(65)54-51-48-45-42-39-36-32-29-26-23-20-17-14-11-8-2/h20,23,26,29,49,52,58-59H,7-19,21-22,24-25,27-28,30-48,50-51,53-57H2,1-6H3,(H-,62,64,66,67)/b23-20+,29-26+,52-49+. The number of ether oxygens (including phenoxy) is 1. The zero-order chi connectivity index (χ0) is 52.2. The molecule has 0 fully saturated rings. The fourth-order valence-electron chi connectivity index (χ4n) is 8.87. The van der Waals surface area contributed by atoms with Crippen LogP contribution in [0.4, 0.5) is 0 Å². The maximum Gasteiger partial charge on any atom is 0.306 e. The summed E-state index contributed by atoms with van der Waals surface area (Å²) in [4.78, 5) is 39.9. The van der Waals surface area contributed by atoms with Crippen molar-refractivity contribution < 1.29 is 37.3 Å². The van der Waals surface area contributed by atoms with Gasteiger partial charge in [0.1, 0.15) is 19.3 Å². The van der Waals surface area contributed by atoms with Gasteiger partial charge in [-0.15, -0.1) is 0 Å². The van der Waals surface area contributed by atoms with E-state index in [-0.39, 0.29) is 31.5 Å². The number of unbranched alkanes of at least 4 members (excludes halogenated alkanes) is 36. The van der Waals surface area contributed by atoms with Crippen LogP contribution in [-0.2, 0) is 27.9 Å². The van der Waals surface area contributed by atoms with E-state index in [4.69, 9.17) is 13.8 Å². The molecule has 1 N–H and O–H groups in total. The number of phosphoric ester groups is 1. The Labute approximate surface area is 440 Å². The molecule has 0 aromatic heterocycles. The van der Waals surface area contributed by atoms with Crippen molar-refractivity contribution in [2.45, 2.75) is 303 Å². The molecule has 71 heavy (non-hydrogen) atoms. The van der Waals surface area contributed by atoms with Gasteiger partial charge in [-0.05, 0) is 57.4 Å². The first-order valence-electron chi connectivity index (χ1n) is 30.3. The summed E-state index contributed by atoms with van der Waals surface area (Å²) in [6.45, 7) is 6.84. The summed E-state index contributed by atoms with van der Waals surface area (Å²) >= 11 is 0. The minimum absolute atomic E-state index is 0.0220. The second-order valence-corrected chi connectivity index (χ2v) is 23.3. The van der Waals surface area contributed by atoms with Crippen molar-refractivity contribution >= 4 is 19.7 Å². The largest absolute Gasteiger partial charge is 0.756 e. The molecule has 0 rings (SSSR count). The summed E-state index contributed by atoms with van der Waals surface area (Å²) in [5.41, 5.74) is 0. The predicted molar refractivity (Wildman–Crippen MR) is 303 cm³/mol. The first-order chi connectivity index (χ1) is 34.4. The maximum absolute atomic E-state index is 13.5. The minimum atomic E-state index is -4.69. The molecule has 3 atom stereocenters. The van der Waals surface area contributed by atoms with E-state index in [9.17, 15) is 19.0 Å². The molecule has 0 saturated carbocycles. The van der Waals surface area contributed by atoms with Crippen LogP contribution in [-0.4, -0.2) is 69.4 Å². The highest BCUT2D eigenvalue weighted by Gasteiger charge is 2.27. The monoisotopic (exact) mass is 1020 g/mol. The van der Waals surface area contributed by atoms with Crippen molar-refractivity contribution in [2.24, 2.45) is 0 Å². The van der Waals surface area contributed by atoms with Crippen LogP contribution in [0, 0.1) is 0 Å². The average molecular weight is 1020 g/mol. The molecule has 0 spiro atoms. The molecule has 0 aliphatic carbocycles. The first-order valence-corrected chi connectivity index (χ1v) is 31.8. The van der Waals surface area contributed by atoms with Crippen molar-refractivity contribution in [2.75, 3.05) is 40.9 Å². The Morgan fingerprint density at radius 3 is 1.27 bits per heavy atom. The summed E-state index contributed by atoms with van der Waals surface area (Å²) in [5.74, 6) is -0.542. The van der Waals surface area contributed by atoms with Gasteiger partial charge in [-0.3, -0.25) is 14.2 Å². The van der Waals surface area contributed by atoms with Crippen molar-refractivity contribution in [3.63, 3.8) is 0 Å². The number of carbonyl (C=O) groups is 2. The van der Waals surface area contributed by atoms with Crippen LogP contribution in [0.1, 0.15) is 290 Å². The van der Waals surface area contributed by atoms with Gasteiger partial charge in [0.15, 0.2) is 0 Å². The first kappa shape index (κ1) is 69.2. The lowest BCUT2D eigenvalue weighted by Crippen LogP contribution is -2.47. The van der Waals surface area contributed by atoms with E-state index in [0.29, 0.717) is 17.4 Å². The topological polar surface area (TPSA) is 114 Å². The van der Waals surface area contributed by atoms with Crippen molar-refractivity contribution in [3.05, 3.63) is 36.5 Å². The second-order valence-electron chi connectivity index (χ2n) is 21.9. The number of esters is 1. The number of carbonyl (C=O) groups excluding carboxylic acids is 2. The molecule has 0 heterocycles. The Bertz CT molecular complexity index is 1310. The fraction of sp³-hybridized carbons (Fsp3) is 0.869. The van der Waals surface area contributed by atoms with E-state index < -0.39 is 20.0 Å². The highest BCUT2D eigenvalue weighted by Crippen LogP contribution is 2.38. The molecule has 0 saturated heterocycles. The van der Waals surface area contributed by atoms with Crippen LogP contribution in [0.15, 0.2) is 36.5 Å². The molecule has 1 amide bonds. The van der Waals surface area contributed by atoms with Gasteiger partial charge in [-0.25, -0.2) is 0 Å². The van der Waals surface area contributed by atoms with Gasteiger partial charge in [0.25, 0.3) is 7.82 Å². The number of hydrogen-bond donors (Lipinski definition) is 1. The second kappa shape index (κ2) is 51.7. The summed E-state index contributed by atoms with van der Waals surface area (Å²) in [5, 5.41) is 3.03. The minimum Gasteiger partial charge on any atom is -0.756 e. The normalized spacial score (nSPS) is 14.0. The van der Waals surface area contributed by atoms with Crippen LogP contribution in [0.25, 0.3) is 0 Å². The molecular formula is C61H117N2O7P. The molecule has 0 bridgehead atoms. The third kappa shape index (κ3) is 52.9. The Morgan fingerprint density at radius 1 is 0.493 bits per heavy atom. The number of hydrogen-bond acceptors (Lipinski definition) is 7. The Kier molecular flexibility index (Phi) is 50.4. The molecule has 0 aromatic rings. The van der Waals surface area contributed by atoms with Crippen molar-refractivity contribution in [1.82, 2.24) is 5.32 Å². The number of phosphoric acid groups is 1. The fourth-order valence-corrected chi connectivity index (χ4v) is 9.59. The van der Waals surface area contributed by atoms with Gasteiger partial charge in [-0.2, -0.15) is 0 Å². The van der Waals surface area contributed by atoms with Gasteiger partial charge in [0.2, 0.25) is 5.91 Å². The third-order valence-electron chi connectivity index (χ3n) is 13.6. The van der Waals surface area contributed by atoms with Crippen LogP contribution in [0.5, 0.6) is 0 Å². The SMILES string of the molecule is CCCCC/C=C/C=C/CCCCCCCCC(=O)OC(/C=C/CCCCCCCCCCCCC)C(COP(=O)([O-])OCC[N+](C)(C)C)NC(=O)CCCCCCCCCCCCCCCCCCC. The summed E-state index contributed by atoms with van der Waals surface area (Å²) in [7, 11) is 1.19.